The fourth-order valence-corrected chi connectivity index (χ4v) is 3.45. The van der Waals surface area contributed by atoms with E-state index in [0.717, 1.165) is 25.9 Å². The van der Waals surface area contributed by atoms with E-state index < -0.39 is 12.2 Å². The molecule has 0 radical (unpaired) electrons. The minimum atomic E-state index is -1.00. The molecule has 1 saturated heterocycles. The standard InChI is InChI=1S/C18H25N5O5/c1-28-15-10-19-14-2-3-16(25)23(17(14)21-15)9-6-13(24)11-22-7-4-12(5-8-22)20-18(26)27/h2-3,10,12-13,20,24H,4-9,11H2,1H3,(H,26,27)/t13-/m0/s1. The fraction of sp³-hybridized carbons (Fsp3) is 0.556. The van der Waals surface area contributed by atoms with E-state index in [9.17, 15) is 14.7 Å². The van der Waals surface area contributed by atoms with Crippen molar-refractivity contribution >= 4 is 17.3 Å². The van der Waals surface area contributed by atoms with Gasteiger partial charge in [-0.1, -0.05) is 0 Å². The lowest BCUT2D eigenvalue weighted by molar-refractivity contribution is 0.0847. The highest BCUT2D eigenvalue weighted by atomic mass is 16.5. The number of aliphatic hydroxyl groups is 1. The lowest BCUT2D eigenvalue weighted by atomic mass is 10.0. The predicted octanol–water partition coefficient (Wildman–Crippen LogP) is 0.283. The number of pyridine rings is 1. The quantitative estimate of drug-likeness (QED) is 0.614. The van der Waals surface area contributed by atoms with E-state index in [2.05, 4.69) is 20.2 Å². The third-order valence-electron chi connectivity index (χ3n) is 4.94. The molecule has 1 fully saturated rings. The molecule has 0 unspecified atom stereocenters. The van der Waals surface area contributed by atoms with Crippen LogP contribution in [0.25, 0.3) is 11.2 Å². The second kappa shape index (κ2) is 8.98. The number of carboxylic acid groups (broad SMARTS) is 1. The van der Waals surface area contributed by atoms with Gasteiger partial charge >= 0.3 is 6.09 Å². The number of nitrogens with one attached hydrogen (secondary N) is 1. The zero-order valence-electron chi connectivity index (χ0n) is 15.7. The van der Waals surface area contributed by atoms with E-state index >= 15 is 0 Å². The molecule has 0 spiro atoms. The van der Waals surface area contributed by atoms with Crippen LogP contribution in [-0.4, -0.2) is 74.6 Å². The summed E-state index contributed by atoms with van der Waals surface area (Å²) < 4.78 is 6.59. The van der Waals surface area contributed by atoms with Crippen molar-refractivity contribution in [2.45, 2.75) is 38.0 Å². The first kappa shape index (κ1) is 20.0. The van der Waals surface area contributed by atoms with Crippen LogP contribution in [0.15, 0.2) is 23.1 Å². The summed E-state index contributed by atoms with van der Waals surface area (Å²) in [4.78, 5) is 33.6. The Bertz CT molecular complexity index is 878. The maximum Gasteiger partial charge on any atom is 0.404 e. The van der Waals surface area contributed by atoms with Gasteiger partial charge in [-0.3, -0.25) is 9.36 Å². The molecule has 1 atom stereocenters. The van der Waals surface area contributed by atoms with Crippen LogP contribution in [0.1, 0.15) is 19.3 Å². The summed E-state index contributed by atoms with van der Waals surface area (Å²) in [7, 11) is 1.49. The minimum Gasteiger partial charge on any atom is -0.480 e. The van der Waals surface area contributed by atoms with Gasteiger partial charge in [-0.2, -0.15) is 4.98 Å². The maximum atomic E-state index is 12.3. The Kier molecular flexibility index (Phi) is 6.42. The summed E-state index contributed by atoms with van der Waals surface area (Å²) >= 11 is 0. The largest absolute Gasteiger partial charge is 0.480 e. The molecule has 0 bridgehead atoms. The molecule has 28 heavy (non-hydrogen) atoms. The highest BCUT2D eigenvalue weighted by Crippen LogP contribution is 2.14. The summed E-state index contributed by atoms with van der Waals surface area (Å²) in [5.41, 5.74) is 0.810. The van der Waals surface area contributed by atoms with E-state index in [1.807, 2.05) is 0 Å². The SMILES string of the molecule is COc1cnc2ccc(=O)n(CC[C@H](O)CN3CCC(NC(=O)O)CC3)c2n1. The molecule has 3 N–H and O–H groups in total. The number of piperidine rings is 1. The first-order valence-electron chi connectivity index (χ1n) is 9.26. The van der Waals surface area contributed by atoms with E-state index in [-0.39, 0.29) is 11.6 Å². The van der Waals surface area contributed by atoms with E-state index in [0.29, 0.717) is 36.6 Å². The number of β-amino-alcohol motifs (C(OH)–C–C–N with tert-alkyl or cyclic N) is 1. The summed E-state index contributed by atoms with van der Waals surface area (Å²) in [5.74, 6) is 0.324. The highest BCUT2D eigenvalue weighted by molar-refractivity contribution is 5.70. The Morgan fingerprint density at radius 3 is 2.82 bits per heavy atom. The number of carbonyl (C=O) groups is 1. The molecule has 2 aromatic heterocycles. The van der Waals surface area contributed by atoms with Gasteiger partial charge in [0.25, 0.3) is 5.56 Å². The Labute approximate surface area is 161 Å². The normalized spacial score (nSPS) is 16.8. The molecule has 152 valence electrons. The Morgan fingerprint density at radius 1 is 1.39 bits per heavy atom. The molecule has 10 nitrogen and oxygen atoms in total. The first-order valence-corrected chi connectivity index (χ1v) is 9.26. The van der Waals surface area contributed by atoms with Gasteiger partial charge in [-0.05, 0) is 25.3 Å². The number of rotatable bonds is 7. The van der Waals surface area contributed by atoms with E-state index in [1.165, 1.54) is 23.9 Å². The number of hydrogen-bond acceptors (Lipinski definition) is 7. The molecule has 1 aliphatic rings. The van der Waals surface area contributed by atoms with Gasteiger partial charge in [0.2, 0.25) is 5.88 Å². The van der Waals surface area contributed by atoms with Crippen LogP contribution in [-0.2, 0) is 6.54 Å². The maximum absolute atomic E-state index is 12.3. The number of aromatic nitrogens is 3. The molecular weight excluding hydrogens is 366 g/mol. The third-order valence-corrected chi connectivity index (χ3v) is 4.94. The monoisotopic (exact) mass is 391 g/mol. The molecule has 3 heterocycles. The van der Waals surface area contributed by atoms with Gasteiger partial charge < -0.3 is 25.2 Å². The second-order valence-corrected chi connectivity index (χ2v) is 6.91. The van der Waals surface area contributed by atoms with Gasteiger partial charge in [-0.25, -0.2) is 9.78 Å². The zero-order valence-corrected chi connectivity index (χ0v) is 15.7. The second-order valence-electron chi connectivity index (χ2n) is 6.91. The smallest absolute Gasteiger partial charge is 0.404 e. The van der Waals surface area contributed by atoms with Crippen LogP contribution < -0.4 is 15.6 Å². The topological polar surface area (TPSA) is 130 Å². The zero-order chi connectivity index (χ0) is 20.1. The molecule has 1 amide bonds. The van der Waals surface area contributed by atoms with Crippen molar-refractivity contribution in [1.29, 1.82) is 0 Å². The number of aryl methyl sites for hydroxylation is 1. The molecule has 3 rings (SSSR count). The van der Waals surface area contributed by atoms with Gasteiger partial charge in [0.05, 0.1) is 19.4 Å². The first-order chi connectivity index (χ1) is 13.5. The number of methoxy groups -OCH3 is 1. The fourth-order valence-electron chi connectivity index (χ4n) is 3.45. The van der Waals surface area contributed by atoms with E-state index in [4.69, 9.17) is 9.84 Å². The number of likely N-dealkylation sites (tertiary alicyclic amines) is 1. The number of fused-ring (bicyclic) bond motifs is 1. The van der Waals surface area contributed by atoms with Crippen molar-refractivity contribution in [3.05, 3.63) is 28.7 Å². The summed E-state index contributed by atoms with van der Waals surface area (Å²) in [6, 6.07) is 3.02. The van der Waals surface area contributed by atoms with Crippen molar-refractivity contribution in [3.63, 3.8) is 0 Å². The Balaban J connectivity index is 1.58. The highest BCUT2D eigenvalue weighted by Gasteiger charge is 2.22. The van der Waals surface area contributed by atoms with Crippen LogP contribution in [0.5, 0.6) is 5.88 Å². The van der Waals surface area contributed by atoms with Crippen LogP contribution in [0.4, 0.5) is 4.79 Å². The Morgan fingerprint density at radius 2 is 2.14 bits per heavy atom. The van der Waals surface area contributed by atoms with Crippen molar-refractivity contribution in [2.75, 3.05) is 26.7 Å². The Hall–Kier alpha value is -2.72. The van der Waals surface area contributed by atoms with Gasteiger partial charge in [-0.15, -0.1) is 0 Å². The van der Waals surface area contributed by atoms with E-state index in [1.54, 1.807) is 6.07 Å². The molecule has 2 aromatic rings. The summed E-state index contributed by atoms with van der Waals surface area (Å²) in [5, 5.41) is 21.7. The van der Waals surface area contributed by atoms with Crippen molar-refractivity contribution < 1.29 is 19.7 Å². The van der Waals surface area contributed by atoms with Crippen LogP contribution in [0.2, 0.25) is 0 Å². The number of ether oxygens (including phenoxy) is 1. The van der Waals surface area contributed by atoms with Crippen LogP contribution in [0, 0.1) is 0 Å². The van der Waals surface area contributed by atoms with Crippen LogP contribution in [0.3, 0.4) is 0 Å². The molecular formula is C18H25N5O5. The molecule has 1 aliphatic heterocycles. The predicted molar refractivity (Wildman–Crippen MR) is 102 cm³/mol. The molecule has 0 aliphatic carbocycles. The summed E-state index contributed by atoms with van der Waals surface area (Å²) in [6.45, 7) is 2.24. The molecule has 10 heteroatoms. The number of aliphatic hydroxyl groups excluding tert-OH is 1. The molecule has 0 aromatic carbocycles. The third kappa shape index (κ3) is 4.96. The van der Waals surface area contributed by atoms with Crippen molar-refractivity contribution in [2.24, 2.45) is 0 Å². The van der Waals surface area contributed by atoms with Gasteiger partial charge in [0.15, 0.2) is 5.65 Å². The molecule has 0 saturated carbocycles. The lowest BCUT2D eigenvalue weighted by Crippen LogP contribution is -2.46. The van der Waals surface area contributed by atoms with Crippen LogP contribution >= 0.6 is 0 Å². The van der Waals surface area contributed by atoms with Crippen molar-refractivity contribution in [1.82, 2.24) is 24.8 Å². The number of hydrogen-bond donors (Lipinski definition) is 3. The van der Waals surface area contributed by atoms with Gasteiger partial charge in [0, 0.05) is 38.3 Å². The minimum absolute atomic E-state index is 0.0336. The summed E-state index contributed by atoms with van der Waals surface area (Å²) in [6.07, 6.45) is 1.72. The average Bonchev–Trinajstić information content (AvgIpc) is 2.68. The number of amides is 1. The van der Waals surface area contributed by atoms with Crippen molar-refractivity contribution in [3.8, 4) is 5.88 Å². The number of nitrogens with zero attached hydrogens (tertiary/aromatic N) is 4. The lowest BCUT2D eigenvalue weighted by Gasteiger charge is -2.33. The van der Waals surface area contributed by atoms with Gasteiger partial charge in [0.1, 0.15) is 5.52 Å². The average molecular weight is 391 g/mol.